The summed E-state index contributed by atoms with van der Waals surface area (Å²) in [4.78, 5) is 26.1. The van der Waals surface area contributed by atoms with Crippen LogP contribution in [0.5, 0.6) is 0 Å². The molecule has 0 aliphatic heterocycles. The highest BCUT2D eigenvalue weighted by Crippen LogP contribution is 2.35. The Balaban J connectivity index is 1.52. The maximum Gasteiger partial charge on any atom is 0.341 e. The Morgan fingerprint density at radius 1 is 1.26 bits per heavy atom. The zero-order valence-corrected chi connectivity index (χ0v) is 21.5. The summed E-state index contributed by atoms with van der Waals surface area (Å²) >= 11 is 4.33. The van der Waals surface area contributed by atoms with Crippen LogP contribution in [0.2, 0.25) is 0 Å². The van der Waals surface area contributed by atoms with Gasteiger partial charge in [0, 0.05) is 32.5 Å². The molecule has 0 aliphatic carbocycles. The third-order valence-corrected chi connectivity index (χ3v) is 8.25. The van der Waals surface area contributed by atoms with Crippen LogP contribution in [0.3, 0.4) is 0 Å². The molecule has 1 aromatic carbocycles. The molecular weight excluding hydrogens is 488 g/mol. The van der Waals surface area contributed by atoms with E-state index in [1.54, 1.807) is 24.3 Å². The molecule has 4 aromatic rings. The number of nitrogens with zero attached hydrogens (tertiary/aromatic N) is 3. The lowest BCUT2D eigenvalue weighted by Crippen LogP contribution is -2.17. The molecule has 0 saturated carbocycles. The van der Waals surface area contributed by atoms with E-state index in [0.29, 0.717) is 22.3 Å². The molecule has 0 fully saturated rings. The van der Waals surface area contributed by atoms with Crippen LogP contribution in [0, 0.1) is 13.8 Å². The largest absolute Gasteiger partial charge is 0.462 e. The number of hydrogen-bond acceptors (Lipinski definition) is 8. The van der Waals surface area contributed by atoms with Crippen LogP contribution in [0.25, 0.3) is 21.5 Å². The average Bonchev–Trinajstić information content (AvgIpc) is 3.49. The van der Waals surface area contributed by atoms with Gasteiger partial charge in [0.25, 0.3) is 0 Å². The number of thiophene rings is 2. The third kappa shape index (κ3) is 4.79. The number of thioether (sulfide) groups is 1. The van der Waals surface area contributed by atoms with Crippen molar-refractivity contribution in [2.75, 3.05) is 17.7 Å². The lowest BCUT2D eigenvalue weighted by molar-refractivity contribution is -0.113. The van der Waals surface area contributed by atoms with Crippen molar-refractivity contribution < 1.29 is 14.3 Å². The zero-order chi connectivity index (χ0) is 24.2. The van der Waals surface area contributed by atoms with E-state index in [1.807, 2.05) is 30.5 Å². The number of hydrogen-bond donors (Lipinski definition) is 1. The molecule has 4 rings (SSSR count). The minimum absolute atomic E-state index is 0.123. The Morgan fingerprint density at radius 3 is 2.82 bits per heavy atom. The second-order valence-corrected chi connectivity index (χ2v) is 10.5. The second-order valence-electron chi connectivity index (χ2n) is 7.40. The first-order chi connectivity index (χ1) is 16.4. The number of aryl methyl sites for hydroxylation is 1. The number of amides is 1. The Bertz CT molecular complexity index is 1370. The van der Waals surface area contributed by atoms with Gasteiger partial charge in [-0.15, -0.1) is 39.4 Å². The van der Waals surface area contributed by atoms with E-state index in [-0.39, 0.29) is 18.3 Å². The number of carbonyl (C=O) groups excluding carboxylic acids is 2. The van der Waals surface area contributed by atoms with Gasteiger partial charge in [-0.2, -0.15) is 0 Å². The van der Waals surface area contributed by atoms with Gasteiger partial charge in [-0.3, -0.25) is 9.36 Å². The van der Waals surface area contributed by atoms with E-state index in [0.717, 1.165) is 27.2 Å². The summed E-state index contributed by atoms with van der Waals surface area (Å²) in [6.45, 7) is 10.2. The van der Waals surface area contributed by atoms with Gasteiger partial charge in [-0.25, -0.2) is 4.79 Å². The molecule has 0 spiro atoms. The summed E-state index contributed by atoms with van der Waals surface area (Å²) in [5, 5.41) is 16.0. The van der Waals surface area contributed by atoms with Gasteiger partial charge >= 0.3 is 5.97 Å². The van der Waals surface area contributed by atoms with Gasteiger partial charge in [-0.05, 0) is 32.4 Å². The molecule has 3 aromatic heterocycles. The molecule has 10 heteroatoms. The van der Waals surface area contributed by atoms with Crippen LogP contribution in [-0.2, 0) is 16.1 Å². The van der Waals surface area contributed by atoms with Crippen molar-refractivity contribution in [2.45, 2.75) is 32.5 Å². The topological polar surface area (TPSA) is 86.1 Å². The SMILES string of the molecule is C=CCn1c(SCC(=O)Nc2sc(C)c(C)c2C(=O)OCC)nnc1-c1csc2ccccc12. The first kappa shape index (κ1) is 24.2. The lowest BCUT2D eigenvalue weighted by Gasteiger charge is -2.08. The Morgan fingerprint density at radius 2 is 2.06 bits per heavy atom. The predicted octanol–water partition coefficient (Wildman–Crippen LogP) is 5.93. The maximum absolute atomic E-state index is 12.8. The van der Waals surface area contributed by atoms with E-state index >= 15 is 0 Å². The van der Waals surface area contributed by atoms with E-state index in [2.05, 4.69) is 39.6 Å². The molecule has 0 aliphatic rings. The Hall–Kier alpha value is -2.95. The van der Waals surface area contributed by atoms with Crippen molar-refractivity contribution in [2.24, 2.45) is 0 Å². The third-order valence-electron chi connectivity index (χ3n) is 5.20. The Kier molecular flexibility index (Phi) is 7.50. The molecule has 0 atom stereocenters. The average molecular weight is 513 g/mol. The molecule has 0 unspecified atom stereocenters. The number of nitrogens with one attached hydrogen (secondary N) is 1. The fraction of sp³-hybridized carbons (Fsp3) is 0.250. The van der Waals surface area contributed by atoms with Crippen molar-refractivity contribution >= 4 is 61.4 Å². The van der Waals surface area contributed by atoms with Crippen molar-refractivity contribution in [1.29, 1.82) is 0 Å². The first-order valence-corrected chi connectivity index (χ1v) is 13.3. The highest BCUT2D eigenvalue weighted by atomic mass is 32.2. The number of allylic oxidation sites excluding steroid dienone is 1. The molecule has 3 heterocycles. The summed E-state index contributed by atoms with van der Waals surface area (Å²) < 4.78 is 8.31. The van der Waals surface area contributed by atoms with E-state index in [1.165, 1.54) is 27.8 Å². The molecule has 0 radical (unpaired) electrons. The number of ether oxygens (including phenoxy) is 1. The highest BCUT2D eigenvalue weighted by Gasteiger charge is 2.23. The number of benzene rings is 1. The summed E-state index contributed by atoms with van der Waals surface area (Å²) in [7, 11) is 0. The molecule has 1 amide bonds. The Labute approximate surface area is 209 Å². The lowest BCUT2D eigenvalue weighted by atomic mass is 10.1. The van der Waals surface area contributed by atoms with Crippen molar-refractivity contribution in [3.63, 3.8) is 0 Å². The summed E-state index contributed by atoms with van der Waals surface area (Å²) in [5.74, 6) is 0.213. The molecular formula is C24H24N4O3S3. The van der Waals surface area contributed by atoms with Crippen LogP contribution in [-0.4, -0.2) is 39.0 Å². The van der Waals surface area contributed by atoms with Gasteiger partial charge in [0.1, 0.15) is 5.00 Å². The smallest absolute Gasteiger partial charge is 0.341 e. The number of rotatable bonds is 9. The van der Waals surface area contributed by atoms with Crippen molar-refractivity contribution in [3.05, 3.63) is 58.3 Å². The highest BCUT2D eigenvalue weighted by molar-refractivity contribution is 7.99. The van der Waals surface area contributed by atoms with Crippen LogP contribution >= 0.6 is 34.4 Å². The first-order valence-electron chi connectivity index (χ1n) is 10.6. The van der Waals surface area contributed by atoms with Crippen LogP contribution in [0.4, 0.5) is 5.00 Å². The van der Waals surface area contributed by atoms with Gasteiger partial charge in [0.15, 0.2) is 11.0 Å². The minimum atomic E-state index is -0.425. The fourth-order valence-corrected chi connectivity index (χ4v) is 6.25. The van der Waals surface area contributed by atoms with Crippen molar-refractivity contribution in [3.8, 4) is 11.4 Å². The number of esters is 1. The maximum atomic E-state index is 12.8. The standard InChI is InChI=1S/C24H24N4O3S3/c1-5-11-28-21(17-12-32-18-10-8-7-9-16(17)18)26-27-24(28)33-13-19(29)25-22-20(23(30)31-6-2)14(3)15(4)34-22/h5,7-10,12H,1,6,11,13H2,2-4H3,(H,25,29). The minimum Gasteiger partial charge on any atom is -0.462 e. The summed E-state index contributed by atoms with van der Waals surface area (Å²) in [6, 6.07) is 8.17. The summed E-state index contributed by atoms with van der Waals surface area (Å²) in [6.07, 6.45) is 1.79. The molecule has 1 N–H and O–H groups in total. The number of fused-ring (bicyclic) bond motifs is 1. The quantitative estimate of drug-likeness (QED) is 0.170. The van der Waals surface area contributed by atoms with Crippen LogP contribution < -0.4 is 5.32 Å². The fourth-order valence-electron chi connectivity index (χ4n) is 3.50. The monoisotopic (exact) mass is 512 g/mol. The van der Waals surface area contributed by atoms with Crippen molar-refractivity contribution in [1.82, 2.24) is 14.8 Å². The van der Waals surface area contributed by atoms with Gasteiger partial charge in [0.2, 0.25) is 5.91 Å². The molecule has 0 saturated heterocycles. The van der Waals surface area contributed by atoms with Crippen LogP contribution in [0.15, 0.2) is 47.5 Å². The van der Waals surface area contributed by atoms with Gasteiger partial charge in [-0.1, -0.05) is 36.0 Å². The number of aromatic nitrogens is 3. The van der Waals surface area contributed by atoms with Crippen LogP contribution in [0.1, 0.15) is 27.7 Å². The molecule has 7 nitrogen and oxygen atoms in total. The van der Waals surface area contributed by atoms with E-state index < -0.39 is 5.97 Å². The second kappa shape index (κ2) is 10.5. The van der Waals surface area contributed by atoms with Gasteiger partial charge < -0.3 is 10.1 Å². The predicted molar refractivity (Wildman–Crippen MR) is 140 cm³/mol. The molecule has 176 valence electrons. The molecule has 34 heavy (non-hydrogen) atoms. The summed E-state index contributed by atoms with van der Waals surface area (Å²) in [5.41, 5.74) is 2.25. The number of carbonyl (C=O) groups is 2. The normalized spacial score (nSPS) is 11.0. The molecule has 0 bridgehead atoms. The van der Waals surface area contributed by atoms with E-state index in [9.17, 15) is 9.59 Å². The number of anilines is 1. The van der Waals surface area contributed by atoms with E-state index in [4.69, 9.17) is 4.74 Å². The zero-order valence-electron chi connectivity index (χ0n) is 19.1. The van der Waals surface area contributed by atoms with Gasteiger partial charge in [0.05, 0.1) is 17.9 Å².